The van der Waals surface area contributed by atoms with Crippen molar-refractivity contribution in [2.24, 2.45) is 0 Å². The molecule has 0 unspecified atom stereocenters. The molecule has 0 saturated heterocycles. The summed E-state index contributed by atoms with van der Waals surface area (Å²) in [4.78, 5) is 14.9. The summed E-state index contributed by atoms with van der Waals surface area (Å²) in [5, 5.41) is 6.50. The molecule has 0 aromatic heterocycles. The van der Waals surface area contributed by atoms with Crippen LogP contribution in [0, 0.1) is 13.8 Å². The lowest BCUT2D eigenvalue weighted by atomic mass is 10.1. The fourth-order valence-corrected chi connectivity index (χ4v) is 3.48. The Morgan fingerprint density at radius 2 is 1.76 bits per heavy atom. The van der Waals surface area contributed by atoms with Gasteiger partial charge in [0, 0.05) is 25.2 Å². The van der Waals surface area contributed by atoms with E-state index in [-0.39, 0.29) is 5.91 Å². The Hall–Kier alpha value is -2.17. The zero-order valence-electron chi connectivity index (χ0n) is 18.6. The van der Waals surface area contributed by atoms with E-state index < -0.39 is 0 Å². The van der Waals surface area contributed by atoms with E-state index in [0.29, 0.717) is 6.54 Å². The van der Waals surface area contributed by atoms with Crippen molar-refractivity contribution < 1.29 is 4.79 Å². The Morgan fingerprint density at radius 3 is 2.52 bits per heavy atom. The molecule has 0 aliphatic rings. The van der Waals surface area contributed by atoms with Gasteiger partial charge in [0.1, 0.15) is 0 Å². The maximum Gasteiger partial charge on any atom is 0.251 e. The van der Waals surface area contributed by atoms with Gasteiger partial charge in [-0.1, -0.05) is 54.8 Å². The van der Waals surface area contributed by atoms with Crippen LogP contribution < -0.4 is 10.6 Å². The molecule has 2 aromatic carbocycles. The molecule has 4 nitrogen and oxygen atoms in total. The number of nitrogens with zero attached hydrogens (tertiary/aromatic N) is 1. The van der Waals surface area contributed by atoms with Crippen LogP contribution in [0.3, 0.4) is 0 Å². The van der Waals surface area contributed by atoms with Gasteiger partial charge in [-0.15, -0.1) is 0 Å². The molecule has 0 fully saturated rings. The van der Waals surface area contributed by atoms with Crippen LogP contribution in [0.25, 0.3) is 0 Å². The van der Waals surface area contributed by atoms with Gasteiger partial charge >= 0.3 is 0 Å². The first-order valence-electron chi connectivity index (χ1n) is 10.8. The molecule has 0 radical (unpaired) electrons. The van der Waals surface area contributed by atoms with Gasteiger partial charge in [-0.3, -0.25) is 4.79 Å². The first-order chi connectivity index (χ1) is 14.0. The van der Waals surface area contributed by atoms with E-state index in [1.165, 1.54) is 29.5 Å². The molecule has 0 aliphatic carbocycles. The van der Waals surface area contributed by atoms with Crippen LogP contribution in [0.15, 0.2) is 42.5 Å². The number of benzene rings is 2. The molecule has 2 rings (SSSR count). The fourth-order valence-electron chi connectivity index (χ4n) is 3.48. The van der Waals surface area contributed by atoms with Crippen molar-refractivity contribution in [3.05, 3.63) is 70.3 Å². The molecule has 0 atom stereocenters. The van der Waals surface area contributed by atoms with E-state index in [1.807, 2.05) is 12.1 Å². The maximum absolute atomic E-state index is 12.6. The molecule has 2 N–H and O–H groups in total. The van der Waals surface area contributed by atoms with E-state index >= 15 is 0 Å². The lowest BCUT2D eigenvalue weighted by Crippen LogP contribution is -2.27. The third kappa shape index (κ3) is 8.80. The number of unbranched alkanes of at least 4 members (excludes halogenated alkanes) is 1. The van der Waals surface area contributed by atoms with Gasteiger partial charge in [-0.25, -0.2) is 0 Å². The first-order valence-corrected chi connectivity index (χ1v) is 10.8. The lowest BCUT2D eigenvalue weighted by Gasteiger charge is -2.17. The van der Waals surface area contributed by atoms with Crippen LogP contribution >= 0.6 is 0 Å². The molecular formula is C25H37N3O. The van der Waals surface area contributed by atoms with Crippen LogP contribution in [-0.2, 0) is 13.1 Å². The summed E-state index contributed by atoms with van der Waals surface area (Å²) >= 11 is 0. The molecule has 29 heavy (non-hydrogen) atoms. The molecular weight excluding hydrogens is 358 g/mol. The Balaban J connectivity index is 1.74. The zero-order chi connectivity index (χ0) is 21.1. The molecule has 0 aliphatic heterocycles. The Labute approximate surface area is 176 Å². The van der Waals surface area contributed by atoms with Crippen LogP contribution in [0.5, 0.6) is 0 Å². The second-order valence-electron chi connectivity index (χ2n) is 8.07. The standard InChI is InChI=1S/C25H37N3O/c1-5-6-13-28(4)19-23-15-21(3)16-24(17-23)25(29)27-12-8-11-26-18-22-10-7-9-20(2)14-22/h7,9-10,14-17,26H,5-6,8,11-13,18-19H2,1-4H3,(H,27,29). The second-order valence-corrected chi connectivity index (χ2v) is 8.07. The molecule has 0 bridgehead atoms. The fraction of sp³-hybridized carbons (Fsp3) is 0.480. The molecule has 158 valence electrons. The monoisotopic (exact) mass is 395 g/mol. The Morgan fingerprint density at radius 1 is 0.966 bits per heavy atom. The molecule has 1 amide bonds. The smallest absolute Gasteiger partial charge is 0.251 e. The van der Waals surface area contributed by atoms with E-state index in [9.17, 15) is 4.79 Å². The summed E-state index contributed by atoms with van der Waals surface area (Å²) in [5.41, 5.74) is 5.68. The highest BCUT2D eigenvalue weighted by Crippen LogP contribution is 2.12. The van der Waals surface area contributed by atoms with Gasteiger partial charge in [-0.2, -0.15) is 0 Å². The van der Waals surface area contributed by atoms with Gasteiger partial charge in [0.15, 0.2) is 0 Å². The number of nitrogens with one attached hydrogen (secondary N) is 2. The van der Waals surface area contributed by atoms with Crippen molar-refractivity contribution in [2.75, 3.05) is 26.7 Å². The Bertz CT molecular complexity index is 772. The number of carbonyl (C=O) groups excluding carboxylic acids is 1. The van der Waals surface area contributed by atoms with Crippen LogP contribution in [-0.4, -0.2) is 37.5 Å². The maximum atomic E-state index is 12.6. The van der Waals surface area contributed by atoms with Crippen molar-refractivity contribution in [3.8, 4) is 0 Å². The summed E-state index contributed by atoms with van der Waals surface area (Å²) in [5.74, 6) is 0.0184. The van der Waals surface area contributed by atoms with Crippen molar-refractivity contribution in [1.29, 1.82) is 0 Å². The molecule has 4 heteroatoms. The summed E-state index contributed by atoms with van der Waals surface area (Å²) in [7, 11) is 2.14. The van der Waals surface area contributed by atoms with Gasteiger partial charge < -0.3 is 15.5 Å². The summed E-state index contributed by atoms with van der Waals surface area (Å²) in [6, 6.07) is 14.7. The molecule has 0 saturated carbocycles. The predicted molar refractivity (Wildman–Crippen MR) is 122 cm³/mol. The third-order valence-corrected chi connectivity index (χ3v) is 4.97. The van der Waals surface area contributed by atoms with Gasteiger partial charge in [0.2, 0.25) is 0 Å². The highest BCUT2D eigenvalue weighted by molar-refractivity contribution is 5.94. The normalized spacial score (nSPS) is 11.1. The highest BCUT2D eigenvalue weighted by Gasteiger charge is 2.09. The van der Waals surface area contributed by atoms with Gasteiger partial charge in [0.05, 0.1) is 0 Å². The van der Waals surface area contributed by atoms with Crippen LogP contribution in [0.4, 0.5) is 0 Å². The van der Waals surface area contributed by atoms with Gasteiger partial charge in [0.25, 0.3) is 5.91 Å². The summed E-state index contributed by atoms with van der Waals surface area (Å²) in [6.07, 6.45) is 3.31. The molecule has 0 heterocycles. The molecule has 0 spiro atoms. The third-order valence-electron chi connectivity index (χ3n) is 4.97. The van der Waals surface area contributed by atoms with E-state index in [2.05, 4.69) is 73.7 Å². The minimum absolute atomic E-state index is 0.0184. The number of amides is 1. The molecule has 2 aromatic rings. The lowest BCUT2D eigenvalue weighted by molar-refractivity contribution is 0.0953. The van der Waals surface area contributed by atoms with E-state index in [1.54, 1.807) is 0 Å². The van der Waals surface area contributed by atoms with Crippen LogP contribution in [0.1, 0.15) is 58.8 Å². The largest absolute Gasteiger partial charge is 0.352 e. The van der Waals surface area contributed by atoms with E-state index in [0.717, 1.165) is 43.7 Å². The van der Waals surface area contributed by atoms with Crippen LogP contribution in [0.2, 0.25) is 0 Å². The predicted octanol–water partition coefficient (Wildman–Crippen LogP) is 4.45. The van der Waals surface area contributed by atoms with Crippen molar-refractivity contribution in [2.45, 2.75) is 53.1 Å². The minimum atomic E-state index is 0.0184. The number of aryl methyl sites for hydroxylation is 2. The average Bonchev–Trinajstić information content (AvgIpc) is 2.68. The second kappa shape index (κ2) is 12.4. The number of hydrogen-bond acceptors (Lipinski definition) is 3. The van der Waals surface area contributed by atoms with E-state index in [4.69, 9.17) is 0 Å². The number of carbonyl (C=O) groups is 1. The first kappa shape index (κ1) is 23.1. The van der Waals surface area contributed by atoms with Crippen molar-refractivity contribution in [1.82, 2.24) is 15.5 Å². The summed E-state index contributed by atoms with van der Waals surface area (Å²) in [6.45, 7) is 10.8. The van der Waals surface area contributed by atoms with Gasteiger partial charge in [-0.05, 0) is 70.1 Å². The zero-order valence-corrected chi connectivity index (χ0v) is 18.6. The quantitative estimate of drug-likeness (QED) is 0.522. The Kier molecular flexibility index (Phi) is 9.89. The average molecular weight is 396 g/mol. The SMILES string of the molecule is CCCCN(C)Cc1cc(C)cc(C(=O)NCCCNCc2cccc(C)c2)c1. The van der Waals surface area contributed by atoms with Crippen molar-refractivity contribution in [3.63, 3.8) is 0 Å². The van der Waals surface area contributed by atoms with Crippen molar-refractivity contribution >= 4 is 5.91 Å². The number of hydrogen-bond donors (Lipinski definition) is 2. The summed E-state index contributed by atoms with van der Waals surface area (Å²) < 4.78 is 0. The number of rotatable bonds is 12. The highest BCUT2D eigenvalue weighted by atomic mass is 16.1. The minimum Gasteiger partial charge on any atom is -0.352 e. The topological polar surface area (TPSA) is 44.4 Å².